The molecule has 0 aliphatic rings. The third-order valence-corrected chi connectivity index (χ3v) is 3.87. The lowest BCUT2D eigenvalue weighted by Gasteiger charge is -2.11. The molecule has 3 aromatic rings. The Labute approximate surface area is 158 Å². The van der Waals surface area contributed by atoms with Crippen molar-refractivity contribution in [2.75, 3.05) is 11.9 Å². The summed E-state index contributed by atoms with van der Waals surface area (Å²) in [5, 5.41) is 2.86. The lowest BCUT2D eigenvalue weighted by molar-refractivity contribution is -0.137. The van der Waals surface area contributed by atoms with Crippen molar-refractivity contribution in [2.45, 2.75) is 13.1 Å². The summed E-state index contributed by atoms with van der Waals surface area (Å²) in [4.78, 5) is 28.7. The Morgan fingerprint density at radius 2 is 1.82 bits per heavy atom. The van der Waals surface area contributed by atoms with E-state index in [9.17, 15) is 22.8 Å². The van der Waals surface area contributed by atoms with Gasteiger partial charge in [-0.15, -0.1) is 0 Å². The minimum absolute atomic E-state index is 0.0407. The van der Waals surface area contributed by atoms with Crippen LogP contribution < -0.4 is 5.32 Å². The second kappa shape index (κ2) is 7.67. The fourth-order valence-corrected chi connectivity index (χ4v) is 2.66. The molecular formula is C20H15F3N2O3. The number of hydrogen-bond acceptors (Lipinski definition) is 4. The number of aromatic nitrogens is 1. The first-order valence-electron chi connectivity index (χ1n) is 8.24. The van der Waals surface area contributed by atoms with Crippen molar-refractivity contribution in [3.05, 3.63) is 71.4 Å². The van der Waals surface area contributed by atoms with Gasteiger partial charge in [-0.05, 0) is 37.3 Å². The van der Waals surface area contributed by atoms with Crippen LogP contribution >= 0.6 is 0 Å². The number of para-hydroxylation sites is 1. The zero-order valence-electron chi connectivity index (χ0n) is 14.7. The average Bonchev–Trinajstić information content (AvgIpc) is 2.65. The van der Waals surface area contributed by atoms with Crippen LogP contribution in [0, 0.1) is 6.92 Å². The largest absolute Gasteiger partial charge is 0.452 e. The maximum Gasteiger partial charge on any atom is 0.416 e. The van der Waals surface area contributed by atoms with Crippen molar-refractivity contribution in [1.29, 1.82) is 0 Å². The summed E-state index contributed by atoms with van der Waals surface area (Å²) in [7, 11) is 0. The van der Waals surface area contributed by atoms with Gasteiger partial charge in [0.2, 0.25) is 0 Å². The van der Waals surface area contributed by atoms with Crippen LogP contribution in [0.25, 0.3) is 10.9 Å². The molecular weight excluding hydrogens is 373 g/mol. The van der Waals surface area contributed by atoms with E-state index < -0.39 is 30.2 Å². The van der Waals surface area contributed by atoms with Crippen LogP contribution in [0.1, 0.15) is 21.6 Å². The number of aryl methyl sites for hydroxylation is 1. The fraction of sp³-hybridized carbons (Fsp3) is 0.150. The topological polar surface area (TPSA) is 68.3 Å². The number of fused-ring (bicyclic) bond motifs is 1. The Morgan fingerprint density at radius 3 is 2.57 bits per heavy atom. The summed E-state index contributed by atoms with van der Waals surface area (Å²) in [6, 6.07) is 12.7. The molecule has 0 radical (unpaired) electrons. The van der Waals surface area contributed by atoms with Gasteiger partial charge in [-0.2, -0.15) is 13.2 Å². The highest BCUT2D eigenvalue weighted by Crippen LogP contribution is 2.30. The van der Waals surface area contributed by atoms with Crippen molar-refractivity contribution >= 4 is 28.5 Å². The summed E-state index contributed by atoms with van der Waals surface area (Å²) in [5.41, 5.74) is 0.555. The van der Waals surface area contributed by atoms with Gasteiger partial charge in [-0.25, -0.2) is 4.79 Å². The molecule has 0 spiro atoms. The number of nitrogens with one attached hydrogen (secondary N) is 1. The number of rotatable bonds is 4. The molecule has 5 nitrogen and oxygen atoms in total. The first-order valence-corrected chi connectivity index (χ1v) is 8.24. The number of carbonyl (C=O) groups is 2. The molecule has 0 unspecified atom stereocenters. The van der Waals surface area contributed by atoms with Crippen LogP contribution in [0.5, 0.6) is 0 Å². The number of benzene rings is 2. The molecule has 0 saturated heterocycles. The van der Waals surface area contributed by atoms with Crippen LogP contribution in [-0.4, -0.2) is 23.5 Å². The molecule has 1 amide bonds. The van der Waals surface area contributed by atoms with Crippen molar-refractivity contribution in [2.24, 2.45) is 0 Å². The first kappa shape index (κ1) is 19.3. The van der Waals surface area contributed by atoms with Gasteiger partial charge >= 0.3 is 12.1 Å². The number of carbonyl (C=O) groups excluding carboxylic acids is 2. The van der Waals surface area contributed by atoms with Crippen LogP contribution in [0.2, 0.25) is 0 Å². The highest BCUT2D eigenvalue weighted by Gasteiger charge is 2.30. The molecule has 1 N–H and O–H groups in total. The van der Waals surface area contributed by atoms with Gasteiger partial charge in [0, 0.05) is 16.8 Å². The van der Waals surface area contributed by atoms with Gasteiger partial charge in [0.15, 0.2) is 6.61 Å². The van der Waals surface area contributed by atoms with E-state index in [-0.39, 0.29) is 11.3 Å². The van der Waals surface area contributed by atoms with Gasteiger partial charge in [-0.3, -0.25) is 9.78 Å². The maximum atomic E-state index is 12.7. The highest BCUT2D eigenvalue weighted by molar-refractivity contribution is 6.04. The molecule has 144 valence electrons. The lowest BCUT2D eigenvalue weighted by Crippen LogP contribution is -2.21. The van der Waals surface area contributed by atoms with Gasteiger partial charge in [0.05, 0.1) is 16.6 Å². The third-order valence-electron chi connectivity index (χ3n) is 3.87. The molecule has 0 aliphatic heterocycles. The second-order valence-electron chi connectivity index (χ2n) is 6.03. The first-order chi connectivity index (χ1) is 13.2. The number of pyridine rings is 1. The summed E-state index contributed by atoms with van der Waals surface area (Å²) < 4.78 is 43.2. The molecule has 1 aromatic heterocycles. The number of anilines is 1. The fourth-order valence-electron chi connectivity index (χ4n) is 2.66. The van der Waals surface area contributed by atoms with Gasteiger partial charge in [0.25, 0.3) is 5.91 Å². The summed E-state index contributed by atoms with van der Waals surface area (Å²) in [5.74, 6) is -1.47. The Kier molecular flexibility index (Phi) is 5.30. The smallest absolute Gasteiger partial charge is 0.416 e. The van der Waals surface area contributed by atoms with Gasteiger partial charge < -0.3 is 10.1 Å². The molecule has 0 aliphatic carbocycles. The van der Waals surface area contributed by atoms with E-state index in [0.29, 0.717) is 16.6 Å². The van der Waals surface area contributed by atoms with Crippen LogP contribution in [-0.2, 0) is 15.7 Å². The van der Waals surface area contributed by atoms with Crippen LogP contribution in [0.3, 0.4) is 0 Å². The van der Waals surface area contributed by atoms with Crippen LogP contribution in [0.4, 0.5) is 18.9 Å². The SMILES string of the molecule is Cc1cc(C(=O)OCC(=O)Nc2cccc(C(F)(F)F)c2)c2ccccc2n1. The molecule has 0 saturated carbocycles. The number of amides is 1. The van der Waals surface area contributed by atoms with E-state index >= 15 is 0 Å². The van der Waals surface area contributed by atoms with E-state index in [0.717, 1.165) is 12.1 Å². The van der Waals surface area contributed by atoms with Crippen molar-refractivity contribution < 1.29 is 27.5 Å². The number of esters is 1. The highest BCUT2D eigenvalue weighted by atomic mass is 19.4. The van der Waals surface area contributed by atoms with E-state index in [2.05, 4.69) is 10.3 Å². The Hall–Kier alpha value is -3.42. The molecule has 28 heavy (non-hydrogen) atoms. The summed E-state index contributed by atoms with van der Waals surface area (Å²) in [6.45, 7) is 1.09. The summed E-state index contributed by atoms with van der Waals surface area (Å²) >= 11 is 0. The molecule has 3 rings (SSSR count). The molecule has 1 heterocycles. The second-order valence-corrected chi connectivity index (χ2v) is 6.03. The zero-order valence-corrected chi connectivity index (χ0v) is 14.7. The quantitative estimate of drug-likeness (QED) is 0.675. The average molecular weight is 388 g/mol. The minimum atomic E-state index is -4.52. The number of hydrogen-bond donors (Lipinski definition) is 1. The molecule has 0 atom stereocenters. The summed E-state index contributed by atoms with van der Waals surface area (Å²) in [6.07, 6.45) is -4.52. The normalized spacial score (nSPS) is 11.3. The van der Waals surface area contributed by atoms with Crippen molar-refractivity contribution in [3.63, 3.8) is 0 Å². The number of alkyl halides is 3. The molecule has 0 fully saturated rings. The van der Waals surface area contributed by atoms with Crippen LogP contribution in [0.15, 0.2) is 54.6 Å². The Balaban J connectivity index is 1.68. The van der Waals surface area contributed by atoms with Crippen molar-refractivity contribution in [3.8, 4) is 0 Å². The molecule has 0 bridgehead atoms. The maximum absolute atomic E-state index is 12.7. The number of halogens is 3. The minimum Gasteiger partial charge on any atom is -0.452 e. The van der Waals surface area contributed by atoms with E-state index in [1.807, 2.05) is 0 Å². The zero-order chi connectivity index (χ0) is 20.3. The third kappa shape index (κ3) is 4.46. The predicted molar refractivity (Wildman–Crippen MR) is 96.8 cm³/mol. The number of ether oxygens (including phenoxy) is 1. The number of nitrogens with zero attached hydrogens (tertiary/aromatic N) is 1. The molecule has 8 heteroatoms. The predicted octanol–water partition coefficient (Wildman–Crippen LogP) is 4.36. The van der Waals surface area contributed by atoms with E-state index in [1.54, 1.807) is 37.3 Å². The van der Waals surface area contributed by atoms with E-state index in [1.165, 1.54) is 12.1 Å². The standard InChI is InChI=1S/C20H15F3N2O3/c1-12-9-16(15-7-2-3-8-17(15)24-12)19(27)28-11-18(26)25-14-6-4-5-13(10-14)20(21,22)23/h2-10H,11H2,1H3,(H,25,26). The van der Waals surface area contributed by atoms with Gasteiger partial charge in [-0.1, -0.05) is 24.3 Å². The Morgan fingerprint density at radius 1 is 1.07 bits per heavy atom. The Bertz CT molecular complexity index is 1050. The lowest BCUT2D eigenvalue weighted by atomic mass is 10.1. The monoisotopic (exact) mass is 388 g/mol. The van der Waals surface area contributed by atoms with Crippen molar-refractivity contribution in [1.82, 2.24) is 4.98 Å². The van der Waals surface area contributed by atoms with Gasteiger partial charge in [0.1, 0.15) is 0 Å². The molecule has 2 aromatic carbocycles. The van der Waals surface area contributed by atoms with E-state index in [4.69, 9.17) is 4.74 Å².